The number of rotatable bonds is 11. The van der Waals surface area contributed by atoms with Crippen molar-refractivity contribution in [3.05, 3.63) is 81.9 Å². The van der Waals surface area contributed by atoms with Gasteiger partial charge >= 0.3 is 0 Å². The minimum absolute atomic E-state index is 0.204. The van der Waals surface area contributed by atoms with Crippen LogP contribution in [0.25, 0.3) is 5.70 Å². The highest BCUT2D eigenvalue weighted by atomic mass is 19.1. The molecule has 1 aromatic heterocycles. The van der Waals surface area contributed by atoms with Crippen LogP contribution in [-0.2, 0) is 29.5 Å². The standard InChI is InChI=1S/C31H36FN5O3/c1-7-21-12-15-27(26(32)16-21)34-30-28(19(3)35(5)23-13-14-23)29(25(8-2)31(40)36(30)6)37(18-38)24-11-9-10-22(17-24)33-20(4)39/h9-12,15-18,23,34H,3,7-8,13-14H2,1-2,4-6H3,(H,33,39). The molecule has 2 aromatic carbocycles. The maximum absolute atomic E-state index is 15.2. The Labute approximate surface area is 234 Å². The maximum Gasteiger partial charge on any atom is 0.257 e. The first kappa shape index (κ1) is 28.6. The minimum Gasteiger partial charge on any atom is -0.371 e. The van der Waals surface area contributed by atoms with Crippen LogP contribution in [0.3, 0.4) is 0 Å². The Bertz CT molecular complexity index is 1530. The molecule has 0 saturated heterocycles. The van der Waals surface area contributed by atoms with Crippen LogP contribution in [-0.4, -0.2) is 34.9 Å². The maximum atomic E-state index is 15.2. The lowest BCUT2D eigenvalue weighted by Gasteiger charge is -2.31. The van der Waals surface area contributed by atoms with E-state index in [9.17, 15) is 14.4 Å². The number of amides is 2. The summed E-state index contributed by atoms with van der Waals surface area (Å²) in [4.78, 5) is 41.7. The van der Waals surface area contributed by atoms with Crippen LogP contribution in [0.2, 0.25) is 0 Å². The van der Waals surface area contributed by atoms with E-state index in [0.717, 1.165) is 18.4 Å². The van der Waals surface area contributed by atoms with E-state index < -0.39 is 5.82 Å². The van der Waals surface area contributed by atoms with Gasteiger partial charge in [-0.25, -0.2) is 4.39 Å². The molecule has 0 aliphatic heterocycles. The number of nitrogens with one attached hydrogen (secondary N) is 2. The highest BCUT2D eigenvalue weighted by Crippen LogP contribution is 2.42. The zero-order valence-electron chi connectivity index (χ0n) is 23.7. The zero-order valence-corrected chi connectivity index (χ0v) is 23.7. The van der Waals surface area contributed by atoms with E-state index in [4.69, 9.17) is 0 Å². The molecule has 3 aromatic rings. The number of hydrogen-bond acceptors (Lipinski definition) is 5. The number of aryl methyl sites for hydroxylation is 1. The number of nitrogens with zero attached hydrogens (tertiary/aromatic N) is 3. The smallest absolute Gasteiger partial charge is 0.257 e. The van der Waals surface area contributed by atoms with Gasteiger partial charge < -0.3 is 15.5 Å². The molecule has 0 spiro atoms. The van der Waals surface area contributed by atoms with Crippen molar-refractivity contribution in [1.29, 1.82) is 0 Å². The van der Waals surface area contributed by atoms with E-state index in [1.165, 1.54) is 22.5 Å². The molecule has 8 nitrogen and oxygen atoms in total. The third-order valence-electron chi connectivity index (χ3n) is 7.31. The number of carbonyl (C=O) groups is 2. The van der Waals surface area contributed by atoms with Gasteiger partial charge in [0.05, 0.1) is 22.6 Å². The topological polar surface area (TPSA) is 86.7 Å². The summed E-state index contributed by atoms with van der Waals surface area (Å²) in [7, 11) is 3.56. The Balaban J connectivity index is 2.00. The normalized spacial score (nSPS) is 12.6. The second kappa shape index (κ2) is 11.8. The third-order valence-corrected chi connectivity index (χ3v) is 7.31. The number of pyridine rings is 1. The first-order valence-corrected chi connectivity index (χ1v) is 13.5. The van der Waals surface area contributed by atoms with Crippen molar-refractivity contribution in [2.45, 2.75) is 52.5 Å². The van der Waals surface area contributed by atoms with Crippen molar-refractivity contribution in [2.24, 2.45) is 7.05 Å². The fraction of sp³-hybridized carbons (Fsp3) is 0.323. The second-order valence-electron chi connectivity index (χ2n) is 10.1. The molecule has 9 heteroatoms. The van der Waals surface area contributed by atoms with Crippen LogP contribution in [0.15, 0.2) is 53.8 Å². The lowest BCUT2D eigenvalue weighted by molar-refractivity contribution is -0.114. The molecule has 1 aliphatic rings. The van der Waals surface area contributed by atoms with Crippen LogP contribution in [0.5, 0.6) is 0 Å². The molecule has 0 bridgehead atoms. The van der Waals surface area contributed by atoms with Crippen LogP contribution in [0.4, 0.5) is 33.0 Å². The summed E-state index contributed by atoms with van der Waals surface area (Å²) < 4.78 is 16.6. The Morgan fingerprint density at radius 2 is 1.90 bits per heavy atom. The summed E-state index contributed by atoms with van der Waals surface area (Å²) in [5, 5.41) is 5.89. The summed E-state index contributed by atoms with van der Waals surface area (Å²) in [5.41, 5.74) is 3.59. The van der Waals surface area contributed by atoms with Crippen LogP contribution >= 0.6 is 0 Å². The Morgan fingerprint density at radius 3 is 2.48 bits per heavy atom. The van der Waals surface area contributed by atoms with Crippen LogP contribution in [0.1, 0.15) is 50.3 Å². The zero-order chi connectivity index (χ0) is 29.1. The van der Waals surface area contributed by atoms with E-state index in [-0.39, 0.29) is 23.2 Å². The van der Waals surface area contributed by atoms with Gasteiger partial charge in [0.15, 0.2) is 0 Å². The van der Waals surface area contributed by atoms with E-state index in [1.807, 2.05) is 31.9 Å². The highest BCUT2D eigenvalue weighted by molar-refractivity contribution is 5.98. The summed E-state index contributed by atoms with van der Waals surface area (Å²) in [6, 6.07) is 12.1. The molecule has 0 radical (unpaired) electrons. The van der Waals surface area contributed by atoms with Gasteiger partial charge in [-0.1, -0.05) is 32.6 Å². The van der Waals surface area contributed by atoms with Gasteiger partial charge in [0.25, 0.3) is 5.56 Å². The predicted octanol–water partition coefficient (Wildman–Crippen LogP) is 5.71. The molecule has 40 heavy (non-hydrogen) atoms. The van der Waals surface area contributed by atoms with Crippen LogP contribution < -0.4 is 21.1 Å². The molecule has 4 rings (SSSR count). The fourth-order valence-corrected chi connectivity index (χ4v) is 4.89. The van der Waals surface area contributed by atoms with Gasteiger partial charge in [-0.3, -0.25) is 23.9 Å². The summed E-state index contributed by atoms with van der Waals surface area (Å²) in [6.45, 7) is 9.59. The molecule has 2 amide bonds. The molecular formula is C31H36FN5O3. The molecule has 1 fully saturated rings. The quantitative estimate of drug-likeness (QED) is 0.302. The monoisotopic (exact) mass is 545 g/mol. The van der Waals surface area contributed by atoms with E-state index >= 15 is 4.39 Å². The summed E-state index contributed by atoms with van der Waals surface area (Å²) in [5.74, 6) is -0.377. The highest BCUT2D eigenvalue weighted by Gasteiger charge is 2.33. The predicted molar refractivity (Wildman–Crippen MR) is 159 cm³/mol. The van der Waals surface area contributed by atoms with Gasteiger partial charge in [-0.05, 0) is 61.6 Å². The van der Waals surface area contributed by atoms with E-state index in [1.54, 1.807) is 37.4 Å². The van der Waals surface area contributed by atoms with Gasteiger partial charge in [0.1, 0.15) is 11.6 Å². The molecule has 0 atom stereocenters. The lowest BCUT2D eigenvalue weighted by atomic mass is 10.0. The first-order valence-electron chi connectivity index (χ1n) is 13.5. The first-order chi connectivity index (χ1) is 19.1. The second-order valence-corrected chi connectivity index (χ2v) is 10.1. The number of benzene rings is 2. The molecule has 1 aliphatic carbocycles. The number of anilines is 5. The van der Waals surface area contributed by atoms with Crippen molar-refractivity contribution in [3.63, 3.8) is 0 Å². The molecule has 2 N–H and O–H groups in total. The summed E-state index contributed by atoms with van der Waals surface area (Å²) >= 11 is 0. The molecule has 210 valence electrons. The Morgan fingerprint density at radius 1 is 1.18 bits per heavy atom. The average Bonchev–Trinajstić information content (AvgIpc) is 3.78. The third kappa shape index (κ3) is 5.64. The average molecular weight is 546 g/mol. The van der Waals surface area contributed by atoms with Crippen molar-refractivity contribution in [2.75, 3.05) is 22.6 Å². The Hall–Kier alpha value is -4.40. The lowest BCUT2D eigenvalue weighted by Crippen LogP contribution is -2.32. The fourth-order valence-electron chi connectivity index (χ4n) is 4.89. The van der Waals surface area contributed by atoms with Crippen molar-refractivity contribution >= 4 is 46.6 Å². The van der Waals surface area contributed by atoms with E-state index in [2.05, 4.69) is 17.2 Å². The number of halogens is 1. The minimum atomic E-state index is -0.449. The summed E-state index contributed by atoms with van der Waals surface area (Å²) in [6.07, 6.45) is 3.68. The molecule has 1 saturated carbocycles. The molecule has 0 unspecified atom stereocenters. The van der Waals surface area contributed by atoms with Gasteiger partial charge in [0, 0.05) is 44.0 Å². The SMILES string of the molecule is C=C(c1c(N(C=O)c2cccc(NC(C)=O)c2)c(CC)c(=O)n(C)c1Nc1ccc(CC)cc1F)N(C)C1CC1. The molecule has 1 heterocycles. The van der Waals surface area contributed by atoms with Gasteiger partial charge in [-0.15, -0.1) is 0 Å². The molecular weight excluding hydrogens is 509 g/mol. The van der Waals surface area contributed by atoms with Crippen molar-refractivity contribution in [3.8, 4) is 0 Å². The van der Waals surface area contributed by atoms with Crippen molar-refractivity contribution < 1.29 is 14.0 Å². The number of carbonyl (C=O) groups excluding carboxylic acids is 2. The van der Waals surface area contributed by atoms with Crippen molar-refractivity contribution in [1.82, 2.24) is 9.47 Å². The Kier molecular flexibility index (Phi) is 8.42. The van der Waals surface area contributed by atoms with Gasteiger partial charge in [-0.2, -0.15) is 0 Å². The number of hydrogen-bond donors (Lipinski definition) is 2. The number of aromatic nitrogens is 1. The van der Waals surface area contributed by atoms with Gasteiger partial charge in [0.2, 0.25) is 12.3 Å². The van der Waals surface area contributed by atoms with E-state index in [0.29, 0.717) is 59.0 Å². The van der Waals surface area contributed by atoms with Crippen LogP contribution in [0, 0.1) is 5.82 Å². The largest absolute Gasteiger partial charge is 0.371 e.